The molecule has 0 bridgehead atoms. The minimum atomic E-state index is -0.159. The molecule has 0 radical (unpaired) electrons. The van der Waals surface area contributed by atoms with Crippen LogP contribution in [0.3, 0.4) is 0 Å². The van der Waals surface area contributed by atoms with Crippen LogP contribution in [0.5, 0.6) is 11.5 Å². The van der Waals surface area contributed by atoms with Crippen molar-refractivity contribution in [1.29, 1.82) is 0 Å². The second-order valence-corrected chi connectivity index (χ2v) is 4.88. The van der Waals surface area contributed by atoms with Crippen molar-refractivity contribution in [3.63, 3.8) is 0 Å². The molecule has 4 heteroatoms. The first-order valence-electron chi connectivity index (χ1n) is 6.02. The molecule has 100 valence electrons. The smallest absolute Gasteiger partial charge is 0.224 e. The third-order valence-corrected chi connectivity index (χ3v) is 3.27. The molecule has 1 heterocycles. The fraction of sp³-hybridized carbons (Fsp3) is 0.267. The van der Waals surface area contributed by atoms with Gasteiger partial charge >= 0.3 is 0 Å². The summed E-state index contributed by atoms with van der Waals surface area (Å²) in [7, 11) is 1.84. The van der Waals surface area contributed by atoms with Crippen molar-refractivity contribution in [1.82, 2.24) is 4.57 Å². The molecular formula is C15H16ClNO2. The van der Waals surface area contributed by atoms with E-state index in [2.05, 4.69) is 0 Å². The van der Waals surface area contributed by atoms with Gasteiger partial charge in [0.25, 0.3) is 0 Å². The predicted molar refractivity (Wildman–Crippen MR) is 77.2 cm³/mol. The number of ether oxygens (including phenoxy) is 1. The average Bonchev–Trinajstić information content (AvgIpc) is 2.36. The van der Waals surface area contributed by atoms with E-state index in [0.717, 1.165) is 16.8 Å². The standard InChI is InChI=1S/C15H16ClNO2/c1-10-4-5-14(11(2)6-10)19-15-9-17(3)12(8-16)7-13(15)18/h4-7,9H,8H2,1-3H3. The van der Waals surface area contributed by atoms with Gasteiger partial charge in [-0.05, 0) is 25.5 Å². The quantitative estimate of drug-likeness (QED) is 0.804. The number of pyridine rings is 1. The van der Waals surface area contributed by atoms with E-state index in [0.29, 0.717) is 17.4 Å². The molecule has 19 heavy (non-hydrogen) atoms. The molecule has 0 unspecified atom stereocenters. The highest BCUT2D eigenvalue weighted by atomic mass is 35.5. The van der Waals surface area contributed by atoms with Gasteiger partial charge in [-0.3, -0.25) is 4.79 Å². The van der Waals surface area contributed by atoms with Gasteiger partial charge in [0.2, 0.25) is 5.43 Å². The molecule has 0 fully saturated rings. The second-order valence-electron chi connectivity index (χ2n) is 4.61. The molecule has 3 nitrogen and oxygen atoms in total. The number of hydrogen-bond donors (Lipinski definition) is 0. The van der Waals surface area contributed by atoms with E-state index in [9.17, 15) is 4.79 Å². The predicted octanol–water partition coefficient (Wildman–Crippen LogP) is 3.53. The van der Waals surface area contributed by atoms with Crippen LogP contribution in [0.15, 0.2) is 35.3 Å². The highest BCUT2D eigenvalue weighted by Crippen LogP contribution is 2.23. The van der Waals surface area contributed by atoms with Crippen molar-refractivity contribution >= 4 is 11.6 Å². The van der Waals surface area contributed by atoms with Gasteiger partial charge in [-0.2, -0.15) is 0 Å². The van der Waals surface area contributed by atoms with Crippen molar-refractivity contribution < 1.29 is 4.74 Å². The van der Waals surface area contributed by atoms with E-state index in [1.54, 1.807) is 10.8 Å². The van der Waals surface area contributed by atoms with Gasteiger partial charge in [0.1, 0.15) is 5.75 Å². The summed E-state index contributed by atoms with van der Waals surface area (Å²) in [5.74, 6) is 1.31. The van der Waals surface area contributed by atoms with Crippen molar-refractivity contribution in [3.05, 3.63) is 57.5 Å². The Labute approximate surface area is 117 Å². The number of aryl methyl sites for hydroxylation is 3. The highest BCUT2D eigenvalue weighted by Gasteiger charge is 2.08. The molecule has 2 rings (SSSR count). The summed E-state index contributed by atoms with van der Waals surface area (Å²) in [5.41, 5.74) is 2.77. The maximum atomic E-state index is 11.9. The van der Waals surface area contributed by atoms with Crippen molar-refractivity contribution in [2.45, 2.75) is 19.7 Å². The topological polar surface area (TPSA) is 31.2 Å². The van der Waals surface area contributed by atoms with Crippen LogP contribution in [-0.4, -0.2) is 4.57 Å². The first-order chi connectivity index (χ1) is 9.01. The molecule has 0 aliphatic carbocycles. The molecule has 0 aliphatic rings. The van der Waals surface area contributed by atoms with Gasteiger partial charge in [-0.25, -0.2) is 0 Å². The summed E-state index contributed by atoms with van der Waals surface area (Å²) in [6.45, 7) is 3.98. The number of alkyl halides is 1. The lowest BCUT2D eigenvalue weighted by molar-refractivity contribution is 0.467. The molecule has 2 aromatic rings. The molecule has 0 saturated carbocycles. The summed E-state index contributed by atoms with van der Waals surface area (Å²) in [6.07, 6.45) is 1.67. The van der Waals surface area contributed by atoms with Gasteiger partial charge in [-0.15, -0.1) is 11.6 Å². The molecule has 1 aromatic carbocycles. The fourth-order valence-corrected chi connectivity index (χ4v) is 2.15. The number of benzene rings is 1. The van der Waals surface area contributed by atoms with E-state index in [1.807, 2.05) is 39.1 Å². The number of hydrogen-bond acceptors (Lipinski definition) is 2. The zero-order valence-corrected chi connectivity index (χ0v) is 12.0. The Morgan fingerprint density at radius 1 is 1.21 bits per heavy atom. The van der Waals surface area contributed by atoms with Crippen molar-refractivity contribution in [2.75, 3.05) is 0 Å². The number of nitrogens with zero attached hydrogens (tertiary/aromatic N) is 1. The Bertz CT molecular complexity index is 662. The monoisotopic (exact) mass is 277 g/mol. The first kappa shape index (κ1) is 13.7. The first-order valence-corrected chi connectivity index (χ1v) is 6.55. The summed E-state index contributed by atoms with van der Waals surface area (Å²) in [6, 6.07) is 7.36. The van der Waals surface area contributed by atoms with Crippen LogP contribution < -0.4 is 10.2 Å². The van der Waals surface area contributed by atoms with Gasteiger partial charge in [-0.1, -0.05) is 17.7 Å². The third-order valence-electron chi connectivity index (χ3n) is 2.99. The maximum Gasteiger partial charge on any atom is 0.224 e. The summed E-state index contributed by atoms with van der Waals surface area (Å²) in [4.78, 5) is 11.9. The van der Waals surface area contributed by atoms with Gasteiger partial charge in [0, 0.05) is 18.8 Å². The Hall–Kier alpha value is -1.74. The fourth-order valence-electron chi connectivity index (χ4n) is 1.89. The zero-order valence-electron chi connectivity index (χ0n) is 11.2. The molecule has 0 amide bonds. The minimum Gasteiger partial charge on any atom is -0.451 e. The van der Waals surface area contributed by atoms with Crippen LogP contribution in [0, 0.1) is 13.8 Å². The van der Waals surface area contributed by atoms with Gasteiger partial charge in [0.05, 0.1) is 12.1 Å². The Morgan fingerprint density at radius 3 is 2.58 bits per heavy atom. The normalized spacial score (nSPS) is 10.5. The summed E-state index contributed by atoms with van der Waals surface area (Å²) in [5, 5.41) is 0. The summed E-state index contributed by atoms with van der Waals surface area (Å²) >= 11 is 5.76. The Morgan fingerprint density at radius 2 is 1.95 bits per heavy atom. The van der Waals surface area contributed by atoms with E-state index in [4.69, 9.17) is 16.3 Å². The van der Waals surface area contributed by atoms with E-state index in [-0.39, 0.29) is 5.43 Å². The van der Waals surface area contributed by atoms with Crippen LogP contribution in [0.4, 0.5) is 0 Å². The number of halogens is 1. The van der Waals surface area contributed by atoms with Crippen LogP contribution in [0.2, 0.25) is 0 Å². The molecule has 0 saturated heterocycles. The van der Waals surface area contributed by atoms with E-state index >= 15 is 0 Å². The maximum absolute atomic E-state index is 11.9. The largest absolute Gasteiger partial charge is 0.451 e. The molecule has 0 atom stereocenters. The molecular weight excluding hydrogens is 262 g/mol. The van der Waals surface area contributed by atoms with Crippen LogP contribution >= 0.6 is 11.6 Å². The lowest BCUT2D eigenvalue weighted by atomic mass is 10.1. The highest BCUT2D eigenvalue weighted by molar-refractivity contribution is 6.16. The summed E-state index contributed by atoms with van der Waals surface area (Å²) < 4.78 is 7.50. The molecule has 0 aliphatic heterocycles. The number of aromatic nitrogens is 1. The van der Waals surface area contributed by atoms with Crippen molar-refractivity contribution in [3.8, 4) is 11.5 Å². The average molecular weight is 278 g/mol. The molecule has 0 spiro atoms. The third kappa shape index (κ3) is 2.99. The van der Waals surface area contributed by atoms with Gasteiger partial charge in [0.15, 0.2) is 5.75 Å². The van der Waals surface area contributed by atoms with Gasteiger partial charge < -0.3 is 9.30 Å². The lowest BCUT2D eigenvalue weighted by Gasteiger charge is -2.11. The number of rotatable bonds is 3. The van der Waals surface area contributed by atoms with Crippen LogP contribution in [0.1, 0.15) is 16.8 Å². The molecule has 0 N–H and O–H groups in total. The molecule has 1 aromatic heterocycles. The van der Waals surface area contributed by atoms with Crippen molar-refractivity contribution in [2.24, 2.45) is 7.05 Å². The van der Waals surface area contributed by atoms with Crippen LogP contribution in [-0.2, 0) is 12.9 Å². The van der Waals surface area contributed by atoms with E-state index in [1.165, 1.54) is 6.07 Å². The van der Waals surface area contributed by atoms with E-state index < -0.39 is 0 Å². The SMILES string of the molecule is Cc1ccc(Oc2cn(C)c(CCl)cc2=O)c(C)c1. The zero-order chi connectivity index (χ0) is 14.0. The Balaban J connectivity index is 2.38. The minimum absolute atomic E-state index is 0.159. The lowest BCUT2D eigenvalue weighted by Crippen LogP contribution is -2.11. The van der Waals surface area contributed by atoms with Crippen LogP contribution in [0.25, 0.3) is 0 Å². The second kappa shape index (κ2) is 5.49. The Kier molecular flexibility index (Phi) is 3.96.